The van der Waals surface area contributed by atoms with Crippen molar-refractivity contribution in [1.82, 2.24) is 0 Å². The molecule has 0 fully saturated rings. The summed E-state index contributed by atoms with van der Waals surface area (Å²) < 4.78 is 13.1. The molecule has 2 N–H and O–H groups in total. The van der Waals surface area contributed by atoms with Gasteiger partial charge in [0.25, 0.3) is 5.91 Å². The van der Waals surface area contributed by atoms with E-state index < -0.39 is 0 Å². The van der Waals surface area contributed by atoms with Crippen LogP contribution in [0.1, 0.15) is 31.9 Å². The van der Waals surface area contributed by atoms with Crippen LogP contribution in [0.25, 0.3) is 0 Å². The van der Waals surface area contributed by atoms with Crippen LogP contribution in [0.3, 0.4) is 0 Å². The summed E-state index contributed by atoms with van der Waals surface area (Å²) in [5.41, 5.74) is 3.28. The number of carbonyl (C=O) groups excluding carboxylic acids is 1. The van der Waals surface area contributed by atoms with Gasteiger partial charge in [-0.2, -0.15) is 5.26 Å². The Bertz CT molecular complexity index is 1040. The molecule has 1 amide bonds. The first-order chi connectivity index (χ1) is 13.6. The summed E-state index contributed by atoms with van der Waals surface area (Å²) in [4.78, 5) is 15.1. The highest BCUT2D eigenvalue weighted by molar-refractivity contribution is 7.16. The smallest absolute Gasteiger partial charge is 0.256 e. The molecule has 2 heterocycles. The summed E-state index contributed by atoms with van der Waals surface area (Å²) in [7, 11) is 0. The lowest BCUT2D eigenvalue weighted by Crippen LogP contribution is -3.10. The zero-order chi connectivity index (χ0) is 19.5. The van der Waals surface area contributed by atoms with E-state index in [2.05, 4.69) is 23.5 Å². The molecule has 3 aromatic rings. The second-order valence-corrected chi connectivity index (χ2v) is 7.98. The monoisotopic (exact) mass is 392 g/mol. The number of thiophene rings is 1. The second kappa shape index (κ2) is 7.93. The number of nitrogens with one attached hydrogen (secondary N) is 2. The van der Waals surface area contributed by atoms with E-state index in [4.69, 9.17) is 0 Å². The van der Waals surface area contributed by atoms with Crippen molar-refractivity contribution >= 4 is 22.2 Å². The molecular weight excluding hydrogens is 373 g/mol. The van der Waals surface area contributed by atoms with Crippen molar-refractivity contribution in [1.29, 1.82) is 5.26 Å². The fourth-order valence-electron chi connectivity index (χ4n) is 3.55. The van der Waals surface area contributed by atoms with Crippen molar-refractivity contribution in [2.45, 2.75) is 19.5 Å². The molecule has 1 aromatic heterocycles. The van der Waals surface area contributed by atoms with Crippen molar-refractivity contribution in [3.05, 3.63) is 87.5 Å². The fraction of sp³-hybridized carbons (Fsp3) is 0.182. The SMILES string of the molecule is N#Cc1c(NC(=O)c2ccc(F)cc2)sc2c1CC[NH+](Cc1ccccc1)C2. The molecule has 0 radical (unpaired) electrons. The molecule has 140 valence electrons. The lowest BCUT2D eigenvalue weighted by molar-refractivity contribution is -0.929. The zero-order valence-corrected chi connectivity index (χ0v) is 16.0. The van der Waals surface area contributed by atoms with Crippen molar-refractivity contribution in [2.24, 2.45) is 0 Å². The molecule has 1 aliphatic rings. The molecule has 1 unspecified atom stereocenters. The average molecular weight is 392 g/mol. The maximum Gasteiger partial charge on any atom is 0.256 e. The van der Waals surface area contributed by atoms with Gasteiger partial charge in [0.1, 0.15) is 30.0 Å². The maximum atomic E-state index is 13.1. The van der Waals surface area contributed by atoms with Crippen LogP contribution >= 0.6 is 11.3 Å². The number of hydrogen-bond donors (Lipinski definition) is 2. The van der Waals surface area contributed by atoms with Crippen LogP contribution < -0.4 is 10.2 Å². The minimum absolute atomic E-state index is 0.330. The van der Waals surface area contributed by atoms with E-state index in [1.165, 1.54) is 46.1 Å². The topological polar surface area (TPSA) is 57.3 Å². The Hall–Kier alpha value is -3.01. The predicted octanol–water partition coefficient (Wildman–Crippen LogP) is 3.15. The highest BCUT2D eigenvalue weighted by Gasteiger charge is 2.27. The Labute approximate surface area is 166 Å². The van der Waals surface area contributed by atoms with Crippen LogP contribution in [-0.4, -0.2) is 12.5 Å². The van der Waals surface area contributed by atoms with Gasteiger partial charge in [-0.15, -0.1) is 11.3 Å². The van der Waals surface area contributed by atoms with E-state index in [1.54, 1.807) is 0 Å². The van der Waals surface area contributed by atoms with Gasteiger partial charge in [-0.3, -0.25) is 4.79 Å². The predicted molar refractivity (Wildman–Crippen MR) is 107 cm³/mol. The normalized spacial score (nSPS) is 15.5. The van der Waals surface area contributed by atoms with Gasteiger partial charge in [0.2, 0.25) is 0 Å². The number of anilines is 1. The lowest BCUT2D eigenvalue weighted by Gasteiger charge is -2.23. The Balaban J connectivity index is 1.52. The van der Waals surface area contributed by atoms with E-state index in [9.17, 15) is 14.4 Å². The number of hydrogen-bond acceptors (Lipinski definition) is 3. The molecule has 2 aromatic carbocycles. The molecule has 0 bridgehead atoms. The van der Waals surface area contributed by atoms with E-state index in [-0.39, 0.29) is 11.7 Å². The molecule has 1 aliphatic heterocycles. The highest BCUT2D eigenvalue weighted by atomic mass is 32.1. The van der Waals surface area contributed by atoms with Crippen LogP contribution in [0.2, 0.25) is 0 Å². The highest BCUT2D eigenvalue weighted by Crippen LogP contribution is 2.34. The van der Waals surface area contributed by atoms with Crippen molar-refractivity contribution < 1.29 is 14.1 Å². The Morgan fingerprint density at radius 3 is 2.64 bits per heavy atom. The largest absolute Gasteiger partial charge is 0.326 e. The van der Waals surface area contributed by atoms with Crippen LogP contribution in [-0.2, 0) is 19.5 Å². The van der Waals surface area contributed by atoms with Crippen molar-refractivity contribution in [2.75, 3.05) is 11.9 Å². The lowest BCUT2D eigenvalue weighted by atomic mass is 10.0. The first-order valence-corrected chi connectivity index (χ1v) is 9.94. The van der Waals surface area contributed by atoms with E-state index in [0.717, 1.165) is 36.5 Å². The molecule has 28 heavy (non-hydrogen) atoms. The molecule has 0 saturated carbocycles. The summed E-state index contributed by atoms with van der Waals surface area (Å²) in [6.45, 7) is 2.74. The maximum absolute atomic E-state index is 13.1. The number of nitrogens with zero attached hydrogens (tertiary/aromatic N) is 1. The number of amides is 1. The first kappa shape index (κ1) is 18.4. The number of quaternary nitrogens is 1. The van der Waals surface area contributed by atoms with Crippen molar-refractivity contribution in [3.63, 3.8) is 0 Å². The number of rotatable bonds is 4. The van der Waals surface area contributed by atoms with Crippen LogP contribution in [0.5, 0.6) is 0 Å². The van der Waals surface area contributed by atoms with Crippen molar-refractivity contribution in [3.8, 4) is 6.07 Å². The Kier molecular flexibility index (Phi) is 5.20. The summed E-state index contributed by atoms with van der Waals surface area (Å²) in [6.07, 6.45) is 0.823. The van der Waals surface area contributed by atoms with Gasteiger partial charge in [-0.25, -0.2) is 4.39 Å². The molecule has 4 rings (SSSR count). The van der Waals surface area contributed by atoms with Crippen LogP contribution in [0, 0.1) is 17.1 Å². The number of carbonyl (C=O) groups is 1. The summed E-state index contributed by atoms with van der Waals surface area (Å²) >= 11 is 1.48. The van der Waals surface area contributed by atoms with Gasteiger partial charge < -0.3 is 10.2 Å². The molecule has 0 saturated heterocycles. The van der Waals surface area contributed by atoms with Gasteiger partial charge in [-0.05, 0) is 29.8 Å². The minimum atomic E-state index is -0.387. The summed E-state index contributed by atoms with van der Waals surface area (Å²) in [5.74, 6) is -0.717. The number of benzene rings is 2. The van der Waals surface area contributed by atoms with Crippen LogP contribution in [0.4, 0.5) is 9.39 Å². The molecule has 1 atom stereocenters. The number of fused-ring (bicyclic) bond motifs is 1. The third kappa shape index (κ3) is 3.81. The average Bonchev–Trinajstić information content (AvgIpc) is 3.05. The van der Waals surface area contributed by atoms with Gasteiger partial charge in [0, 0.05) is 17.5 Å². The molecular formula is C22H19FN3OS+. The quantitative estimate of drug-likeness (QED) is 0.717. The number of nitriles is 1. The molecule has 0 aliphatic carbocycles. The summed E-state index contributed by atoms with van der Waals surface area (Å²) in [5, 5.41) is 13.1. The third-order valence-electron chi connectivity index (χ3n) is 4.97. The minimum Gasteiger partial charge on any atom is -0.326 e. The first-order valence-electron chi connectivity index (χ1n) is 9.13. The zero-order valence-electron chi connectivity index (χ0n) is 15.2. The second-order valence-electron chi connectivity index (χ2n) is 6.87. The molecule has 6 heteroatoms. The Morgan fingerprint density at radius 1 is 1.18 bits per heavy atom. The van der Waals surface area contributed by atoms with E-state index in [1.807, 2.05) is 18.2 Å². The van der Waals surface area contributed by atoms with Gasteiger partial charge in [-0.1, -0.05) is 30.3 Å². The summed E-state index contributed by atoms with van der Waals surface area (Å²) in [6, 6.07) is 18.0. The Morgan fingerprint density at radius 2 is 1.93 bits per heavy atom. The molecule has 0 spiro atoms. The molecule has 4 nitrogen and oxygen atoms in total. The van der Waals surface area contributed by atoms with E-state index in [0.29, 0.717) is 16.1 Å². The van der Waals surface area contributed by atoms with Gasteiger partial charge >= 0.3 is 0 Å². The number of halogens is 1. The van der Waals surface area contributed by atoms with Gasteiger partial charge in [0.15, 0.2) is 0 Å². The standard InChI is InChI=1S/C22H18FN3OS/c23-17-8-6-16(7-9-17)21(27)25-22-19(12-24)18-10-11-26(14-20(18)28-22)13-15-4-2-1-3-5-15/h1-9H,10-11,13-14H2,(H,25,27)/p+1. The van der Waals surface area contributed by atoms with Gasteiger partial charge in [0.05, 0.1) is 17.0 Å². The fourth-order valence-corrected chi connectivity index (χ4v) is 4.82. The van der Waals surface area contributed by atoms with Crippen LogP contribution in [0.15, 0.2) is 54.6 Å². The van der Waals surface area contributed by atoms with E-state index >= 15 is 0 Å². The third-order valence-corrected chi connectivity index (χ3v) is 6.12.